The second-order valence-corrected chi connectivity index (χ2v) is 9.51. The van der Waals surface area contributed by atoms with E-state index in [1.165, 1.54) is 16.4 Å². The molecule has 0 unspecified atom stereocenters. The van der Waals surface area contributed by atoms with Crippen molar-refractivity contribution in [2.24, 2.45) is 0 Å². The van der Waals surface area contributed by atoms with Crippen LogP contribution in [0.5, 0.6) is 5.75 Å². The molecular formula is C22H29N3O4S. The van der Waals surface area contributed by atoms with Crippen molar-refractivity contribution in [1.29, 1.82) is 0 Å². The number of anilines is 1. The summed E-state index contributed by atoms with van der Waals surface area (Å²) in [5.41, 5.74) is 1.45. The molecule has 2 aromatic carbocycles. The molecule has 0 aromatic heterocycles. The van der Waals surface area contributed by atoms with Gasteiger partial charge in [0.1, 0.15) is 5.75 Å². The SMILES string of the molecule is COc1ccc(CN(C)S(=O)(=O)c2ccc(NC(=O)N3CCCCCC3)cc2)cc1. The van der Waals surface area contributed by atoms with Gasteiger partial charge in [-0.2, -0.15) is 4.31 Å². The zero-order valence-electron chi connectivity index (χ0n) is 17.5. The molecule has 0 spiro atoms. The Hall–Kier alpha value is -2.58. The molecule has 0 saturated carbocycles. The number of nitrogens with zero attached hydrogens (tertiary/aromatic N) is 2. The number of carbonyl (C=O) groups excluding carboxylic acids is 1. The Morgan fingerprint density at radius 3 is 2.17 bits per heavy atom. The number of benzene rings is 2. The van der Waals surface area contributed by atoms with Gasteiger partial charge in [0.15, 0.2) is 0 Å². The number of sulfonamides is 1. The van der Waals surface area contributed by atoms with Gasteiger partial charge in [-0.15, -0.1) is 0 Å². The first-order valence-corrected chi connectivity index (χ1v) is 11.6. The number of urea groups is 1. The quantitative estimate of drug-likeness (QED) is 0.752. The van der Waals surface area contributed by atoms with Crippen LogP contribution in [0.3, 0.4) is 0 Å². The zero-order valence-corrected chi connectivity index (χ0v) is 18.3. The fraction of sp³-hybridized carbons (Fsp3) is 0.409. The van der Waals surface area contributed by atoms with Crippen LogP contribution in [0.25, 0.3) is 0 Å². The molecule has 30 heavy (non-hydrogen) atoms. The highest BCUT2D eigenvalue weighted by Crippen LogP contribution is 2.21. The van der Waals surface area contributed by atoms with E-state index in [0.717, 1.165) is 50.1 Å². The number of rotatable bonds is 6. The van der Waals surface area contributed by atoms with Crippen molar-refractivity contribution < 1.29 is 17.9 Å². The minimum absolute atomic E-state index is 0.135. The minimum atomic E-state index is -3.64. The monoisotopic (exact) mass is 431 g/mol. The van der Waals surface area contributed by atoms with Crippen LogP contribution >= 0.6 is 0 Å². The van der Waals surface area contributed by atoms with Gasteiger partial charge in [-0.1, -0.05) is 25.0 Å². The van der Waals surface area contributed by atoms with E-state index in [0.29, 0.717) is 5.69 Å². The predicted molar refractivity (Wildman–Crippen MR) is 117 cm³/mol. The largest absolute Gasteiger partial charge is 0.497 e. The number of hydrogen-bond donors (Lipinski definition) is 1. The lowest BCUT2D eigenvalue weighted by atomic mass is 10.2. The molecule has 0 aliphatic carbocycles. The zero-order chi connectivity index (χ0) is 21.6. The maximum Gasteiger partial charge on any atom is 0.321 e. The van der Waals surface area contributed by atoms with Gasteiger partial charge in [-0.05, 0) is 54.8 Å². The average molecular weight is 432 g/mol. The fourth-order valence-corrected chi connectivity index (χ4v) is 4.60. The summed E-state index contributed by atoms with van der Waals surface area (Å²) in [6, 6.07) is 13.5. The summed E-state index contributed by atoms with van der Waals surface area (Å²) in [7, 11) is -0.505. The summed E-state index contributed by atoms with van der Waals surface area (Å²) in [4.78, 5) is 14.4. The molecule has 0 radical (unpaired) electrons. The van der Waals surface area contributed by atoms with E-state index in [-0.39, 0.29) is 17.5 Å². The fourth-order valence-electron chi connectivity index (χ4n) is 3.44. The molecular weight excluding hydrogens is 402 g/mol. The molecule has 2 aromatic rings. The van der Waals surface area contributed by atoms with E-state index in [9.17, 15) is 13.2 Å². The molecule has 1 fully saturated rings. The number of amides is 2. The minimum Gasteiger partial charge on any atom is -0.497 e. The normalized spacial score (nSPS) is 15.0. The first-order chi connectivity index (χ1) is 14.4. The third kappa shape index (κ3) is 5.52. The summed E-state index contributed by atoms with van der Waals surface area (Å²) >= 11 is 0. The van der Waals surface area contributed by atoms with Crippen molar-refractivity contribution in [2.75, 3.05) is 32.6 Å². The first-order valence-electron chi connectivity index (χ1n) is 10.2. The summed E-state index contributed by atoms with van der Waals surface area (Å²) in [6.45, 7) is 1.77. The lowest BCUT2D eigenvalue weighted by Gasteiger charge is -2.21. The van der Waals surface area contributed by atoms with Crippen molar-refractivity contribution in [2.45, 2.75) is 37.1 Å². The summed E-state index contributed by atoms with van der Waals surface area (Å²) < 4.78 is 32.2. The van der Waals surface area contributed by atoms with Crippen LogP contribution < -0.4 is 10.1 Å². The molecule has 162 valence electrons. The molecule has 1 aliphatic heterocycles. The number of nitrogens with one attached hydrogen (secondary N) is 1. The second kappa shape index (κ2) is 9.95. The number of likely N-dealkylation sites (tertiary alicyclic amines) is 1. The number of carbonyl (C=O) groups is 1. The summed E-state index contributed by atoms with van der Waals surface area (Å²) in [5.74, 6) is 0.724. The lowest BCUT2D eigenvalue weighted by molar-refractivity contribution is 0.214. The number of methoxy groups -OCH3 is 1. The van der Waals surface area contributed by atoms with Crippen molar-refractivity contribution >= 4 is 21.7 Å². The smallest absolute Gasteiger partial charge is 0.321 e. The molecule has 1 N–H and O–H groups in total. The third-order valence-electron chi connectivity index (χ3n) is 5.27. The Morgan fingerprint density at radius 1 is 1.00 bits per heavy atom. The van der Waals surface area contributed by atoms with E-state index in [4.69, 9.17) is 4.74 Å². The van der Waals surface area contributed by atoms with E-state index in [1.54, 1.807) is 38.4 Å². The summed E-state index contributed by atoms with van der Waals surface area (Å²) in [6.07, 6.45) is 4.34. The maximum absolute atomic E-state index is 12.9. The van der Waals surface area contributed by atoms with Gasteiger partial charge >= 0.3 is 6.03 Å². The van der Waals surface area contributed by atoms with Gasteiger partial charge in [-0.3, -0.25) is 0 Å². The van der Waals surface area contributed by atoms with Gasteiger partial charge in [-0.25, -0.2) is 13.2 Å². The van der Waals surface area contributed by atoms with Crippen LogP contribution in [-0.2, 0) is 16.6 Å². The predicted octanol–water partition coefficient (Wildman–Crippen LogP) is 3.92. The van der Waals surface area contributed by atoms with Crippen molar-refractivity contribution in [3.63, 3.8) is 0 Å². The van der Waals surface area contributed by atoms with Crippen LogP contribution in [0.4, 0.5) is 10.5 Å². The van der Waals surface area contributed by atoms with E-state index in [2.05, 4.69) is 5.32 Å². The Bertz CT molecular complexity index is 935. The van der Waals surface area contributed by atoms with E-state index >= 15 is 0 Å². The molecule has 2 amide bonds. The highest BCUT2D eigenvalue weighted by Gasteiger charge is 2.21. The van der Waals surface area contributed by atoms with E-state index < -0.39 is 10.0 Å². The van der Waals surface area contributed by atoms with Crippen molar-refractivity contribution in [3.8, 4) is 5.75 Å². The maximum atomic E-state index is 12.9. The topological polar surface area (TPSA) is 79.0 Å². The first kappa shape index (κ1) is 22.1. The Kier molecular flexibility index (Phi) is 7.33. The van der Waals surface area contributed by atoms with Gasteiger partial charge in [0, 0.05) is 32.4 Å². The van der Waals surface area contributed by atoms with Crippen molar-refractivity contribution in [3.05, 3.63) is 54.1 Å². The number of hydrogen-bond acceptors (Lipinski definition) is 4. The van der Waals surface area contributed by atoms with Gasteiger partial charge in [0.25, 0.3) is 0 Å². The molecule has 1 aliphatic rings. The molecule has 1 heterocycles. The molecule has 7 nitrogen and oxygen atoms in total. The molecule has 1 saturated heterocycles. The Labute approximate surface area is 178 Å². The van der Waals surface area contributed by atoms with Gasteiger partial charge < -0.3 is 15.0 Å². The van der Waals surface area contributed by atoms with Crippen molar-refractivity contribution in [1.82, 2.24) is 9.21 Å². The Balaban J connectivity index is 1.63. The molecule has 3 rings (SSSR count). The van der Waals surface area contributed by atoms with Crippen LogP contribution in [0, 0.1) is 0 Å². The Morgan fingerprint density at radius 2 is 1.60 bits per heavy atom. The highest BCUT2D eigenvalue weighted by atomic mass is 32.2. The van der Waals surface area contributed by atoms with Crippen LogP contribution in [0.2, 0.25) is 0 Å². The lowest BCUT2D eigenvalue weighted by Crippen LogP contribution is -2.35. The van der Waals surface area contributed by atoms with Crippen LogP contribution in [-0.4, -0.2) is 50.9 Å². The summed E-state index contributed by atoms with van der Waals surface area (Å²) in [5, 5.41) is 2.86. The van der Waals surface area contributed by atoms with Crippen LogP contribution in [0.1, 0.15) is 31.2 Å². The molecule has 0 bridgehead atoms. The van der Waals surface area contributed by atoms with Gasteiger partial charge in [0.05, 0.1) is 12.0 Å². The average Bonchev–Trinajstić information content (AvgIpc) is 3.04. The highest BCUT2D eigenvalue weighted by molar-refractivity contribution is 7.89. The number of ether oxygens (including phenoxy) is 1. The molecule has 0 atom stereocenters. The molecule has 8 heteroatoms. The second-order valence-electron chi connectivity index (χ2n) is 7.46. The van der Waals surface area contributed by atoms with Gasteiger partial charge in [0.2, 0.25) is 10.0 Å². The van der Waals surface area contributed by atoms with E-state index in [1.807, 2.05) is 17.0 Å². The van der Waals surface area contributed by atoms with Crippen LogP contribution in [0.15, 0.2) is 53.4 Å². The standard InChI is InChI=1S/C22H29N3O4S/c1-24(17-18-7-11-20(29-2)12-8-18)30(27,28)21-13-9-19(10-14-21)23-22(26)25-15-5-3-4-6-16-25/h7-14H,3-6,15-17H2,1-2H3,(H,23,26). The third-order valence-corrected chi connectivity index (χ3v) is 7.09.